The number of nitrogens with two attached hydrogens (primary N) is 1. The highest BCUT2D eigenvalue weighted by Crippen LogP contribution is 2.38. The van der Waals surface area contributed by atoms with Crippen LogP contribution in [0.4, 0.5) is 18.9 Å². The van der Waals surface area contributed by atoms with Gasteiger partial charge in [-0.05, 0) is 30.3 Å². The first kappa shape index (κ1) is 18.4. The molecule has 6 nitrogen and oxygen atoms in total. The topological polar surface area (TPSA) is 79.7 Å². The Hall–Kier alpha value is -3.36. The van der Waals surface area contributed by atoms with Gasteiger partial charge in [-0.3, -0.25) is 0 Å². The van der Waals surface area contributed by atoms with Crippen molar-refractivity contribution in [2.75, 3.05) is 20.0 Å². The maximum atomic E-state index is 12.4. The summed E-state index contributed by atoms with van der Waals surface area (Å²) in [6.07, 6.45) is -3.60. The molecule has 0 saturated heterocycles. The van der Waals surface area contributed by atoms with Crippen molar-refractivity contribution in [2.45, 2.75) is 6.36 Å². The molecular formula is C18H15F3N2O4. The quantitative estimate of drug-likeness (QED) is 0.656. The molecule has 0 radical (unpaired) electrons. The first-order valence-corrected chi connectivity index (χ1v) is 7.63. The van der Waals surface area contributed by atoms with E-state index in [1.54, 1.807) is 18.2 Å². The lowest BCUT2D eigenvalue weighted by Crippen LogP contribution is -2.17. The molecule has 9 heteroatoms. The number of anilines is 1. The van der Waals surface area contributed by atoms with E-state index in [-0.39, 0.29) is 5.69 Å². The van der Waals surface area contributed by atoms with Gasteiger partial charge < -0.3 is 24.4 Å². The lowest BCUT2D eigenvalue weighted by Gasteiger charge is -2.12. The molecule has 27 heavy (non-hydrogen) atoms. The minimum absolute atomic E-state index is 0.185. The third-order valence-electron chi connectivity index (χ3n) is 3.69. The number of nitrogen functional groups attached to an aromatic ring is 1. The Kier molecular flexibility index (Phi) is 4.85. The van der Waals surface area contributed by atoms with E-state index in [1.165, 1.54) is 32.7 Å². The van der Waals surface area contributed by atoms with Gasteiger partial charge in [0.1, 0.15) is 17.2 Å². The molecule has 0 bridgehead atoms. The monoisotopic (exact) mass is 380 g/mol. The summed E-state index contributed by atoms with van der Waals surface area (Å²) >= 11 is 0. The first-order chi connectivity index (χ1) is 12.8. The number of oxazole rings is 1. The van der Waals surface area contributed by atoms with Crippen LogP contribution in [-0.2, 0) is 0 Å². The van der Waals surface area contributed by atoms with Gasteiger partial charge in [-0.2, -0.15) is 0 Å². The van der Waals surface area contributed by atoms with Crippen LogP contribution in [0.25, 0.3) is 22.6 Å². The Morgan fingerprint density at radius 3 is 2.19 bits per heavy atom. The van der Waals surface area contributed by atoms with E-state index in [2.05, 4.69) is 9.72 Å². The zero-order valence-corrected chi connectivity index (χ0v) is 14.3. The summed E-state index contributed by atoms with van der Waals surface area (Å²) < 4.78 is 57.0. The summed E-state index contributed by atoms with van der Waals surface area (Å²) in [4.78, 5) is 4.20. The van der Waals surface area contributed by atoms with Gasteiger partial charge in [0.05, 0.1) is 19.9 Å². The van der Waals surface area contributed by atoms with Crippen LogP contribution in [0.2, 0.25) is 0 Å². The predicted octanol–water partition coefficient (Wildman–Crippen LogP) is 4.51. The number of aromatic nitrogens is 1. The summed E-state index contributed by atoms with van der Waals surface area (Å²) in [6.45, 7) is 0. The normalized spacial score (nSPS) is 11.3. The van der Waals surface area contributed by atoms with E-state index >= 15 is 0 Å². The van der Waals surface area contributed by atoms with Crippen molar-refractivity contribution in [3.63, 3.8) is 0 Å². The molecule has 2 aromatic carbocycles. The maximum absolute atomic E-state index is 12.4. The van der Waals surface area contributed by atoms with E-state index in [9.17, 15) is 13.2 Å². The van der Waals surface area contributed by atoms with Crippen LogP contribution in [-0.4, -0.2) is 25.6 Å². The highest BCUT2D eigenvalue weighted by Gasteiger charge is 2.32. The van der Waals surface area contributed by atoms with Gasteiger partial charge in [0.15, 0.2) is 17.9 Å². The smallest absolute Gasteiger partial charge is 0.497 e. The Morgan fingerprint density at radius 2 is 1.63 bits per heavy atom. The fourth-order valence-corrected chi connectivity index (χ4v) is 2.51. The molecule has 2 N–H and O–H groups in total. The Morgan fingerprint density at radius 1 is 0.963 bits per heavy atom. The Bertz CT molecular complexity index is 932. The number of ether oxygens (including phenoxy) is 3. The Balaban J connectivity index is 2.02. The second-order valence-electron chi connectivity index (χ2n) is 5.43. The minimum Gasteiger partial charge on any atom is -0.497 e. The van der Waals surface area contributed by atoms with Gasteiger partial charge in [-0.15, -0.1) is 13.2 Å². The third kappa shape index (κ3) is 4.08. The van der Waals surface area contributed by atoms with Crippen LogP contribution in [0.3, 0.4) is 0 Å². The largest absolute Gasteiger partial charge is 0.573 e. The van der Waals surface area contributed by atoms with Crippen LogP contribution in [0.5, 0.6) is 17.2 Å². The molecule has 0 aliphatic carbocycles. The third-order valence-corrected chi connectivity index (χ3v) is 3.69. The number of hydrogen-bond donors (Lipinski definition) is 1. The maximum Gasteiger partial charge on any atom is 0.573 e. The van der Waals surface area contributed by atoms with E-state index in [0.29, 0.717) is 34.1 Å². The molecule has 0 aliphatic heterocycles. The van der Waals surface area contributed by atoms with E-state index in [0.717, 1.165) is 6.07 Å². The van der Waals surface area contributed by atoms with E-state index < -0.39 is 12.1 Å². The average molecular weight is 380 g/mol. The van der Waals surface area contributed by atoms with Crippen molar-refractivity contribution >= 4 is 5.69 Å². The first-order valence-electron chi connectivity index (χ1n) is 7.63. The van der Waals surface area contributed by atoms with Crippen LogP contribution in [0.1, 0.15) is 0 Å². The van der Waals surface area contributed by atoms with Gasteiger partial charge in [0, 0.05) is 17.2 Å². The standard InChI is InChI=1S/C18H15F3N2O4/c1-24-12-5-11(6-13(8-12)25-2)16-17(26-9-23-16)10-3-4-15(14(22)7-10)27-18(19,20)21/h3-9H,22H2,1-2H3. The van der Waals surface area contributed by atoms with Crippen LogP contribution in [0, 0.1) is 0 Å². The summed E-state index contributed by atoms with van der Waals surface area (Å²) in [5.74, 6) is 0.935. The number of halogens is 3. The SMILES string of the molecule is COc1cc(OC)cc(-c2ncoc2-c2ccc(OC(F)(F)F)c(N)c2)c1. The number of alkyl halides is 3. The van der Waals surface area contributed by atoms with Crippen LogP contribution < -0.4 is 19.9 Å². The van der Waals surface area contributed by atoms with Gasteiger partial charge in [0.25, 0.3) is 0 Å². The number of methoxy groups -OCH3 is 2. The summed E-state index contributed by atoms with van der Waals surface area (Å²) in [7, 11) is 3.03. The fourth-order valence-electron chi connectivity index (χ4n) is 2.51. The summed E-state index contributed by atoms with van der Waals surface area (Å²) in [6, 6.07) is 9.01. The molecule has 0 aliphatic rings. The molecule has 3 rings (SSSR count). The molecule has 0 unspecified atom stereocenters. The summed E-state index contributed by atoms with van der Waals surface area (Å²) in [5.41, 5.74) is 7.04. The van der Waals surface area contributed by atoms with Crippen molar-refractivity contribution in [1.82, 2.24) is 4.98 Å². The molecule has 0 fully saturated rings. The van der Waals surface area contributed by atoms with Gasteiger partial charge in [-0.25, -0.2) is 4.98 Å². The molecule has 0 spiro atoms. The van der Waals surface area contributed by atoms with Crippen LogP contribution >= 0.6 is 0 Å². The van der Waals surface area contributed by atoms with E-state index in [1.807, 2.05) is 0 Å². The fraction of sp³-hybridized carbons (Fsp3) is 0.167. The molecule has 1 aromatic heterocycles. The second kappa shape index (κ2) is 7.10. The predicted molar refractivity (Wildman–Crippen MR) is 91.6 cm³/mol. The number of rotatable bonds is 5. The molecule has 0 amide bonds. The zero-order valence-electron chi connectivity index (χ0n) is 14.3. The van der Waals surface area contributed by atoms with Gasteiger partial charge in [-0.1, -0.05) is 0 Å². The highest BCUT2D eigenvalue weighted by atomic mass is 19.4. The van der Waals surface area contributed by atoms with Gasteiger partial charge >= 0.3 is 6.36 Å². The molecular weight excluding hydrogens is 365 g/mol. The van der Waals surface area contributed by atoms with Crippen molar-refractivity contribution in [3.8, 4) is 39.8 Å². The molecule has 0 atom stereocenters. The van der Waals surface area contributed by atoms with E-state index in [4.69, 9.17) is 19.6 Å². The average Bonchev–Trinajstić information content (AvgIpc) is 3.11. The molecule has 3 aromatic rings. The van der Waals surface area contributed by atoms with Gasteiger partial charge in [0.2, 0.25) is 0 Å². The van der Waals surface area contributed by atoms with Crippen molar-refractivity contribution < 1.29 is 31.8 Å². The van der Waals surface area contributed by atoms with Crippen molar-refractivity contribution in [3.05, 3.63) is 42.8 Å². The highest BCUT2D eigenvalue weighted by molar-refractivity contribution is 5.80. The minimum atomic E-state index is -4.83. The lowest BCUT2D eigenvalue weighted by molar-refractivity contribution is -0.274. The van der Waals surface area contributed by atoms with Crippen molar-refractivity contribution in [2.24, 2.45) is 0 Å². The number of benzene rings is 2. The molecule has 1 heterocycles. The second-order valence-corrected chi connectivity index (χ2v) is 5.43. The van der Waals surface area contributed by atoms with Crippen molar-refractivity contribution in [1.29, 1.82) is 0 Å². The Labute approximate surface area is 152 Å². The molecule has 142 valence electrons. The lowest BCUT2D eigenvalue weighted by atomic mass is 10.0. The number of nitrogens with zero attached hydrogens (tertiary/aromatic N) is 1. The number of hydrogen-bond acceptors (Lipinski definition) is 6. The zero-order chi connectivity index (χ0) is 19.6. The van der Waals surface area contributed by atoms with Crippen LogP contribution in [0.15, 0.2) is 47.2 Å². The summed E-state index contributed by atoms with van der Waals surface area (Å²) in [5, 5.41) is 0. The molecule has 0 saturated carbocycles.